The molecule has 0 saturated heterocycles. The van der Waals surface area contributed by atoms with E-state index in [0.29, 0.717) is 27.2 Å². The molecule has 0 aromatic heterocycles. The highest BCUT2D eigenvalue weighted by Gasteiger charge is 2.36. The van der Waals surface area contributed by atoms with Crippen LogP contribution in [0.2, 0.25) is 10.0 Å². The number of benzene rings is 2. The van der Waals surface area contributed by atoms with E-state index >= 15 is 0 Å². The fourth-order valence-corrected chi connectivity index (χ4v) is 4.03. The van der Waals surface area contributed by atoms with E-state index in [1.807, 2.05) is 0 Å². The quantitative estimate of drug-likeness (QED) is 0.829. The molecular weight excluding hydrogens is 399 g/mol. The van der Waals surface area contributed by atoms with Crippen LogP contribution in [0.25, 0.3) is 0 Å². The number of rotatable bonds is 4. The Hall–Kier alpha value is -1.96. The Kier molecular flexibility index (Phi) is 5.32. The fraction of sp³-hybridized carbons (Fsp3) is 0.235. The monoisotopic (exact) mass is 414 g/mol. The number of hydrogen-bond donors (Lipinski definition) is 1. The van der Waals surface area contributed by atoms with Gasteiger partial charge < -0.3 is 10.1 Å². The number of amides is 1. The molecule has 0 bridgehead atoms. The molecule has 1 aliphatic rings. The largest absolute Gasteiger partial charge is 0.476 e. The number of halogens is 2. The van der Waals surface area contributed by atoms with Gasteiger partial charge in [0.25, 0.3) is 5.91 Å². The van der Waals surface area contributed by atoms with Crippen LogP contribution in [0.3, 0.4) is 0 Å². The summed E-state index contributed by atoms with van der Waals surface area (Å²) in [6, 6.07) is 11.4. The molecule has 1 aliphatic heterocycles. The number of para-hydroxylation sites is 2. The third-order valence-electron chi connectivity index (χ3n) is 3.91. The lowest BCUT2D eigenvalue weighted by Crippen LogP contribution is -2.49. The lowest BCUT2D eigenvalue weighted by Gasteiger charge is -2.34. The summed E-state index contributed by atoms with van der Waals surface area (Å²) in [4.78, 5) is 12.6. The maximum atomic E-state index is 12.6. The maximum absolute atomic E-state index is 12.6. The molecule has 138 valence electrons. The first-order valence-electron chi connectivity index (χ1n) is 7.84. The predicted octanol–water partition coefficient (Wildman–Crippen LogP) is 3.55. The van der Waals surface area contributed by atoms with Crippen LogP contribution in [-0.4, -0.2) is 32.7 Å². The Balaban J connectivity index is 1.90. The molecule has 0 fully saturated rings. The minimum atomic E-state index is -3.56. The predicted molar refractivity (Wildman–Crippen MR) is 103 cm³/mol. The molecule has 0 aliphatic carbocycles. The zero-order chi connectivity index (χ0) is 18.9. The number of nitrogens with zero attached hydrogens (tertiary/aromatic N) is 1. The van der Waals surface area contributed by atoms with Crippen molar-refractivity contribution >= 4 is 50.5 Å². The van der Waals surface area contributed by atoms with Gasteiger partial charge in [-0.2, -0.15) is 0 Å². The summed E-state index contributed by atoms with van der Waals surface area (Å²) in [5.41, 5.74) is 0.746. The minimum Gasteiger partial charge on any atom is -0.476 e. The summed E-state index contributed by atoms with van der Waals surface area (Å²) in [5, 5.41) is 3.37. The second-order valence-electron chi connectivity index (χ2n) is 5.62. The van der Waals surface area contributed by atoms with Crippen LogP contribution in [0.1, 0.15) is 6.92 Å². The van der Waals surface area contributed by atoms with E-state index in [0.717, 1.165) is 0 Å². The molecule has 3 rings (SSSR count). The highest BCUT2D eigenvalue weighted by molar-refractivity contribution is 7.92. The van der Waals surface area contributed by atoms with Crippen molar-refractivity contribution in [2.45, 2.75) is 13.0 Å². The Labute approximate surface area is 161 Å². The number of carbonyl (C=O) groups excluding carboxylic acids is 1. The van der Waals surface area contributed by atoms with Gasteiger partial charge in [-0.05, 0) is 37.3 Å². The van der Waals surface area contributed by atoms with Crippen LogP contribution in [0.4, 0.5) is 11.4 Å². The van der Waals surface area contributed by atoms with E-state index in [-0.39, 0.29) is 12.3 Å². The topological polar surface area (TPSA) is 75.7 Å². The van der Waals surface area contributed by atoms with Crippen LogP contribution in [0, 0.1) is 0 Å². The first-order chi connectivity index (χ1) is 12.3. The van der Waals surface area contributed by atoms with Gasteiger partial charge in [0.05, 0.1) is 28.7 Å². The molecule has 0 radical (unpaired) electrons. The second kappa shape index (κ2) is 7.34. The SMILES string of the molecule is CCS(=O)(=O)N1CC(C(=O)Nc2cc(Cl)ccc2Cl)Oc2ccccc21. The summed E-state index contributed by atoms with van der Waals surface area (Å²) in [6.45, 7) is 1.42. The van der Waals surface area contributed by atoms with E-state index in [4.69, 9.17) is 27.9 Å². The average Bonchev–Trinajstić information content (AvgIpc) is 2.63. The molecule has 2 aromatic rings. The number of sulfonamides is 1. The van der Waals surface area contributed by atoms with Gasteiger partial charge in [-0.25, -0.2) is 8.42 Å². The molecule has 1 amide bonds. The number of hydrogen-bond acceptors (Lipinski definition) is 4. The molecule has 1 N–H and O–H groups in total. The molecule has 6 nitrogen and oxygen atoms in total. The second-order valence-corrected chi connectivity index (χ2v) is 8.64. The number of carbonyl (C=O) groups is 1. The third kappa shape index (κ3) is 3.75. The summed E-state index contributed by atoms with van der Waals surface area (Å²) in [6.07, 6.45) is -1.03. The van der Waals surface area contributed by atoms with Crippen molar-refractivity contribution in [1.82, 2.24) is 0 Å². The van der Waals surface area contributed by atoms with Crippen LogP contribution in [-0.2, 0) is 14.8 Å². The Morgan fingerprint density at radius 1 is 1.27 bits per heavy atom. The van der Waals surface area contributed by atoms with Gasteiger partial charge in [0.1, 0.15) is 5.75 Å². The Morgan fingerprint density at radius 2 is 2.00 bits per heavy atom. The van der Waals surface area contributed by atoms with Crippen LogP contribution < -0.4 is 14.4 Å². The smallest absolute Gasteiger partial charge is 0.267 e. The summed E-state index contributed by atoms with van der Waals surface area (Å²) in [5.74, 6) is -0.274. The average molecular weight is 415 g/mol. The van der Waals surface area contributed by atoms with Crippen molar-refractivity contribution in [3.05, 3.63) is 52.5 Å². The number of anilines is 2. The van der Waals surface area contributed by atoms with E-state index in [2.05, 4.69) is 5.32 Å². The van der Waals surface area contributed by atoms with Gasteiger partial charge in [-0.15, -0.1) is 0 Å². The van der Waals surface area contributed by atoms with Crippen molar-refractivity contribution in [3.63, 3.8) is 0 Å². The minimum absolute atomic E-state index is 0.0875. The van der Waals surface area contributed by atoms with Crippen LogP contribution in [0.5, 0.6) is 5.75 Å². The fourth-order valence-electron chi connectivity index (χ4n) is 2.56. The molecule has 0 spiro atoms. The van der Waals surface area contributed by atoms with Crippen molar-refractivity contribution in [1.29, 1.82) is 0 Å². The molecule has 26 heavy (non-hydrogen) atoms. The van der Waals surface area contributed by atoms with Gasteiger partial charge in [-0.1, -0.05) is 35.3 Å². The van der Waals surface area contributed by atoms with E-state index < -0.39 is 22.0 Å². The number of fused-ring (bicyclic) bond motifs is 1. The lowest BCUT2D eigenvalue weighted by atomic mass is 10.2. The van der Waals surface area contributed by atoms with Crippen LogP contribution >= 0.6 is 23.2 Å². The van der Waals surface area contributed by atoms with Crippen LogP contribution in [0.15, 0.2) is 42.5 Å². The Bertz CT molecular complexity index is 950. The lowest BCUT2D eigenvalue weighted by molar-refractivity contribution is -0.122. The van der Waals surface area contributed by atoms with E-state index in [9.17, 15) is 13.2 Å². The molecule has 9 heteroatoms. The van der Waals surface area contributed by atoms with Gasteiger partial charge in [0.15, 0.2) is 6.10 Å². The normalized spacial score (nSPS) is 16.6. The standard InChI is InChI=1S/C17H16Cl2N2O4S/c1-2-26(23,24)21-10-16(25-15-6-4-3-5-14(15)21)17(22)20-13-9-11(18)7-8-12(13)19/h3-9,16H,2,10H2,1H3,(H,20,22). The van der Waals surface area contributed by atoms with Crippen molar-refractivity contribution in [2.75, 3.05) is 21.9 Å². The number of ether oxygens (including phenoxy) is 1. The molecule has 1 unspecified atom stereocenters. The van der Waals surface area contributed by atoms with E-state index in [1.165, 1.54) is 10.4 Å². The summed E-state index contributed by atoms with van der Waals surface area (Å²) < 4.78 is 31.8. The molecular formula is C17H16Cl2N2O4S. The van der Waals surface area contributed by atoms with Gasteiger partial charge in [-0.3, -0.25) is 9.10 Å². The Morgan fingerprint density at radius 3 is 2.73 bits per heavy atom. The first kappa shape index (κ1) is 18.8. The van der Waals surface area contributed by atoms with Crippen molar-refractivity contribution < 1.29 is 17.9 Å². The maximum Gasteiger partial charge on any atom is 0.267 e. The highest BCUT2D eigenvalue weighted by Crippen LogP contribution is 2.35. The molecule has 0 saturated carbocycles. The zero-order valence-electron chi connectivity index (χ0n) is 13.8. The highest BCUT2D eigenvalue weighted by atomic mass is 35.5. The van der Waals surface area contributed by atoms with Crippen molar-refractivity contribution in [3.8, 4) is 5.75 Å². The van der Waals surface area contributed by atoms with Crippen molar-refractivity contribution in [2.24, 2.45) is 0 Å². The van der Waals surface area contributed by atoms with Gasteiger partial charge in [0, 0.05) is 5.02 Å². The third-order valence-corrected chi connectivity index (χ3v) is 6.23. The van der Waals surface area contributed by atoms with E-state index in [1.54, 1.807) is 43.3 Å². The summed E-state index contributed by atoms with van der Waals surface area (Å²) >= 11 is 12.0. The molecule has 1 atom stereocenters. The number of nitrogens with one attached hydrogen (secondary N) is 1. The summed E-state index contributed by atoms with van der Waals surface area (Å²) in [7, 11) is -3.56. The van der Waals surface area contributed by atoms with Gasteiger partial charge in [0.2, 0.25) is 10.0 Å². The first-order valence-corrected chi connectivity index (χ1v) is 10.2. The molecule has 2 aromatic carbocycles. The molecule has 1 heterocycles. The van der Waals surface area contributed by atoms with Gasteiger partial charge >= 0.3 is 0 Å². The zero-order valence-corrected chi connectivity index (χ0v) is 16.1.